The number of thiophene rings is 1. The number of hydrogen-bond acceptors (Lipinski definition) is 4. The number of furan rings is 2. The zero-order valence-electron chi connectivity index (χ0n) is 34.5. The molecule has 3 aromatic heterocycles. The number of nitrogens with zero attached hydrogens (tertiary/aromatic N) is 1. The van der Waals surface area contributed by atoms with Crippen molar-refractivity contribution in [3.05, 3.63) is 224 Å². The first-order chi connectivity index (χ1) is 31.7. The number of anilines is 3. The molecule has 0 atom stereocenters. The largest absolute Gasteiger partial charge is 0.456 e. The van der Waals surface area contributed by atoms with Gasteiger partial charge < -0.3 is 13.7 Å². The molecule has 0 aliphatic rings. The van der Waals surface area contributed by atoms with Crippen LogP contribution in [0.3, 0.4) is 0 Å². The van der Waals surface area contributed by atoms with Crippen LogP contribution in [0.4, 0.5) is 17.1 Å². The van der Waals surface area contributed by atoms with Gasteiger partial charge in [0, 0.05) is 70.4 Å². The highest BCUT2D eigenvalue weighted by molar-refractivity contribution is 7.26. The predicted octanol–water partition coefficient (Wildman–Crippen LogP) is 18.0. The van der Waals surface area contributed by atoms with E-state index in [0.717, 1.165) is 72.1 Å². The van der Waals surface area contributed by atoms with E-state index in [1.807, 2.05) is 23.5 Å². The highest BCUT2D eigenvalue weighted by atomic mass is 32.1. The van der Waals surface area contributed by atoms with Crippen LogP contribution in [-0.4, -0.2) is 0 Å². The molecular weight excluding hydrogens is 799 g/mol. The van der Waals surface area contributed by atoms with Crippen molar-refractivity contribution in [2.45, 2.75) is 0 Å². The van der Waals surface area contributed by atoms with Crippen LogP contribution in [0, 0.1) is 0 Å². The third-order valence-corrected chi connectivity index (χ3v) is 13.9. The summed E-state index contributed by atoms with van der Waals surface area (Å²) in [5, 5.41) is 6.79. The second-order valence-electron chi connectivity index (χ2n) is 16.4. The average molecular weight is 836 g/mol. The Morgan fingerprint density at radius 2 is 0.891 bits per heavy atom. The number of rotatable bonds is 7. The van der Waals surface area contributed by atoms with Gasteiger partial charge in [0.2, 0.25) is 0 Å². The molecule has 0 aliphatic heterocycles. The zero-order chi connectivity index (χ0) is 42.1. The molecule has 3 heterocycles. The molecule has 10 aromatic carbocycles. The molecule has 0 amide bonds. The lowest BCUT2D eigenvalue weighted by molar-refractivity contribution is 0.664. The molecular formula is C60H37NO2S. The third-order valence-electron chi connectivity index (χ3n) is 12.7. The van der Waals surface area contributed by atoms with E-state index >= 15 is 0 Å². The van der Waals surface area contributed by atoms with Gasteiger partial charge in [-0.1, -0.05) is 164 Å². The lowest BCUT2D eigenvalue weighted by Crippen LogP contribution is -2.09. The van der Waals surface area contributed by atoms with Crippen LogP contribution in [0.2, 0.25) is 0 Å². The number of benzene rings is 10. The van der Waals surface area contributed by atoms with E-state index in [2.05, 4.69) is 217 Å². The zero-order valence-corrected chi connectivity index (χ0v) is 35.4. The second kappa shape index (κ2) is 14.7. The van der Waals surface area contributed by atoms with Crippen molar-refractivity contribution in [3.8, 4) is 44.5 Å². The smallest absolute Gasteiger partial charge is 0.144 e. The number of para-hydroxylation sites is 1. The van der Waals surface area contributed by atoms with E-state index in [-0.39, 0.29) is 0 Å². The summed E-state index contributed by atoms with van der Waals surface area (Å²) in [5.74, 6) is 0. The Kier molecular flexibility index (Phi) is 8.40. The van der Waals surface area contributed by atoms with Crippen LogP contribution < -0.4 is 4.90 Å². The first kappa shape index (κ1) is 36.5. The van der Waals surface area contributed by atoms with Gasteiger partial charge in [0.05, 0.1) is 0 Å². The lowest BCUT2D eigenvalue weighted by Gasteiger charge is -2.26. The fraction of sp³-hybridized carbons (Fsp3) is 0. The summed E-state index contributed by atoms with van der Waals surface area (Å²) < 4.78 is 16.3. The molecule has 0 bridgehead atoms. The lowest BCUT2D eigenvalue weighted by atomic mass is 9.95. The number of fused-ring (bicyclic) bond motifs is 9. The quantitative estimate of drug-likeness (QED) is 0.160. The van der Waals surface area contributed by atoms with Crippen LogP contribution in [0.25, 0.3) is 109 Å². The Labute approximate surface area is 373 Å². The maximum atomic E-state index is 7.09. The van der Waals surface area contributed by atoms with Crippen LogP contribution in [-0.2, 0) is 0 Å². The second-order valence-corrected chi connectivity index (χ2v) is 17.5. The Morgan fingerprint density at radius 3 is 1.61 bits per heavy atom. The maximum Gasteiger partial charge on any atom is 0.144 e. The highest BCUT2D eigenvalue weighted by Crippen LogP contribution is 2.47. The molecule has 64 heavy (non-hydrogen) atoms. The van der Waals surface area contributed by atoms with Gasteiger partial charge >= 0.3 is 0 Å². The fourth-order valence-corrected chi connectivity index (χ4v) is 10.9. The molecule has 13 rings (SSSR count). The van der Waals surface area contributed by atoms with Gasteiger partial charge in [-0.05, 0) is 93.5 Å². The molecule has 13 aromatic rings. The van der Waals surface area contributed by atoms with Crippen LogP contribution in [0.15, 0.2) is 233 Å². The van der Waals surface area contributed by atoms with Gasteiger partial charge in [0.15, 0.2) is 0 Å². The monoisotopic (exact) mass is 835 g/mol. The van der Waals surface area contributed by atoms with Crippen LogP contribution >= 0.6 is 11.3 Å². The number of hydrogen-bond donors (Lipinski definition) is 0. The van der Waals surface area contributed by atoms with Gasteiger partial charge in [-0.2, -0.15) is 0 Å². The van der Waals surface area contributed by atoms with Gasteiger partial charge in [0.1, 0.15) is 22.3 Å². The molecule has 3 nitrogen and oxygen atoms in total. The summed E-state index contributed by atoms with van der Waals surface area (Å²) in [6.07, 6.45) is 0. The summed E-state index contributed by atoms with van der Waals surface area (Å²) in [5.41, 5.74) is 15.7. The predicted molar refractivity (Wildman–Crippen MR) is 270 cm³/mol. The topological polar surface area (TPSA) is 29.5 Å². The third kappa shape index (κ3) is 5.95. The van der Waals surface area contributed by atoms with E-state index < -0.39 is 0 Å². The van der Waals surface area contributed by atoms with Crippen LogP contribution in [0.1, 0.15) is 0 Å². The molecule has 0 aliphatic carbocycles. The van der Waals surface area contributed by atoms with Crippen molar-refractivity contribution in [3.63, 3.8) is 0 Å². The Hall–Kier alpha value is -8.18. The first-order valence-corrected chi connectivity index (χ1v) is 22.5. The van der Waals surface area contributed by atoms with Crippen molar-refractivity contribution in [1.29, 1.82) is 0 Å². The SMILES string of the molecule is c1ccc(-c2ccc(-c3c4oc5cc(N(c6ccc(-c7ccccc7)cc6)c6ccc(-c7cccc8c7sc7ccccc78)cc6)ccc5c4cc4oc5ccccc5c34)cc2)cc1. The normalized spacial score (nSPS) is 11.8. The van der Waals surface area contributed by atoms with E-state index in [1.165, 1.54) is 53.6 Å². The van der Waals surface area contributed by atoms with E-state index in [1.54, 1.807) is 0 Å². The van der Waals surface area contributed by atoms with Gasteiger partial charge in [-0.3, -0.25) is 0 Å². The van der Waals surface area contributed by atoms with Crippen molar-refractivity contribution in [2.24, 2.45) is 0 Å². The fourth-order valence-electron chi connectivity index (χ4n) is 9.62. The Bertz CT molecular complexity index is 3860. The molecule has 0 spiro atoms. The molecule has 0 N–H and O–H groups in total. The summed E-state index contributed by atoms with van der Waals surface area (Å²) in [7, 11) is 0. The van der Waals surface area contributed by atoms with Gasteiger partial charge in [-0.25, -0.2) is 0 Å². The molecule has 4 heteroatoms. The Balaban J connectivity index is 0.968. The average Bonchev–Trinajstić information content (AvgIpc) is 4.05. The molecule has 0 saturated heterocycles. The van der Waals surface area contributed by atoms with Gasteiger partial charge in [0.25, 0.3) is 0 Å². The van der Waals surface area contributed by atoms with E-state index in [0.29, 0.717) is 0 Å². The minimum Gasteiger partial charge on any atom is -0.456 e. The molecule has 0 radical (unpaired) electrons. The van der Waals surface area contributed by atoms with Crippen molar-refractivity contribution in [1.82, 2.24) is 0 Å². The minimum absolute atomic E-state index is 0.811. The Morgan fingerprint density at radius 1 is 0.328 bits per heavy atom. The van der Waals surface area contributed by atoms with E-state index in [9.17, 15) is 0 Å². The van der Waals surface area contributed by atoms with Gasteiger partial charge in [-0.15, -0.1) is 11.3 Å². The summed E-state index contributed by atoms with van der Waals surface area (Å²) in [6, 6.07) is 80.2. The molecule has 300 valence electrons. The highest BCUT2D eigenvalue weighted by Gasteiger charge is 2.23. The summed E-state index contributed by atoms with van der Waals surface area (Å²) >= 11 is 1.86. The van der Waals surface area contributed by atoms with E-state index in [4.69, 9.17) is 8.83 Å². The minimum atomic E-state index is 0.811. The summed E-state index contributed by atoms with van der Waals surface area (Å²) in [4.78, 5) is 2.33. The standard InChI is InChI=1S/C60H37NO2S/c1-3-12-38(13-4-1)40-22-24-43(25-23-40)57-58-51-17-7-9-20-53(51)62-55(58)37-52-48-35-34-46(36-54(48)63-59(52)57)61(44-30-26-41(27-31-44)39-14-5-2-6-15-39)45-32-28-42(29-33-45)47-18-11-19-50-49-16-8-10-21-56(49)64-60(47)50/h1-37H. The van der Waals surface area contributed by atoms with Crippen molar-refractivity contribution < 1.29 is 8.83 Å². The molecule has 0 fully saturated rings. The van der Waals surface area contributed by atoms with Crippen LogP contribution in [0.5, 0.6) is 0 Å². The van der Waals surface area contributed by atoms with Crippen molar-refractivity contribution in [2.75, 3.05) is 4.90 Å². The maximum absolute atomic E-state index is 7.09. The van der Waals surface area contributed by atoms with Crippen molar-refractivity contribution >= 4 is 92.4 Å². The first-order valence-electron chi connectivity index (χ1n) is 21.6. The molecule has 0 saturated carbocycles. The molecule has 0 unspecified atom stereocenters. The summed E-state index contributed by atoms with van der Waals surface area (Å²) in [6.45, 7) is 0.